The van der Waals surface area contributed by atoms with Gasteiger partial charge in [-0.15, -0.1) is 0 Å². The smallest absolute Gasteiger partial charge is 0.0598 e. The van der Waals surface area contributed by atoms with Crippen molar-refractivity contribution in [2.24, 2.45) is 10.9 Å². The first-order valence-corrected chi connectivity index (χ1v) is 9.55. The first-order chi connectivity index (χ1) is 12.6. The molecule has 0 heterocycles. The Hall–Kier alpha value is -2.19. The summed E-state index contributed by atoms with van der Waals surface area (Å²) >= 11 is 0. The second kappa shape index (κ2) is 10.1. The quantitative estimate of drug-likeness (QED) is 0.424. The molecule has 0 radical (unpaired) electrons. The lowest BCUT2D eigenvalue weighted by molar-refractivity contribution is 0.600. The van der Waals surface area contributed by atoms with Crippen molar-refractivity contribution in [3.8, 4) is 0 Å². The van der Waals surface area contributed by atoms with Gasteiger partial charge in [0.25, 0.3) is 0 Å². The minimum atomic E-state index is 0.178. The molecular formula is C24H32N2. The van der Waals surface area contributed by atoms with Crippen LogP contribution in [0.15, 0.2) is 71.4 Å². The Morgan fingerprint density at radius 1 is 1.27 bits per heavy atom. The molecule has 1 atom stereocenters. The first kappa shape index (κ1) is 20.1. The molecule has 1 aromatic carbocycles. The fourth-order valence-electron chi connectivity index (χ4n) is 2.96. The average molecular weight is 349 g/mol. The predicted octanol–water partition coefficient (Wildman–Crippen LogP) is 6.08. The normalized spacial score (nSPS) is 17.6. The predicted molar refractivity (Wildman–Crippen MR) is 115 cm³/mol. The molecule has 26 heavy (non-hydrogen) atoms. The number of nitrogens with zero attached hydrogens (tertiary/aromatic N) is 1. The van der Waals surface area contributed by atoms with Crippen molar-refractivity contribution in [2.45, 2.75) is 53.1 Å². The molecule has 1 aromatic rings. The van der Waals surface area contributed by atoms with Crippen LogP contribution in [0, 0.1) is 5.92 Å². The van der Waals surface area contributed by atoms with Crippen LogP contribution in [0.25, 0.3) is 6.08 Å². The van der Waals surface area contributed by atoms with Crippen molar-refractivity contribution in [1.82, 2.24) is 5.32 Å². The molecule has 138 valence electrons. The van der Waals surface area contributed by atoms with E-state index < -0.39 is 0 Å². The minimum Gasteiger partial charge on any atom is -0.305 e. The molecule has 1 aliphatic rings. The van der Waals surface area contributed by atoms with Gasteiger partial charge in [0.2, 0.25) is 0 Å². The Balaban J connectivity index is 2.19. The fourth-order valence-corrected chi connectivity index (χ4v) is 2.96. The molecule has 1 saturated carbocycles. The number of hydrogen-bond donors (Lipinski definition) is 1. The highest BCUT2D eigenvalue weighted by atomic mass is 15.0. The number of aliphatic imine (C=N–C) groups is 1. The Morgan fingerprint density at radius 3 is 2.65 bits per heavy atom. The van der Waals surface area contributed by atoms with Crippen LogP contribution in [-0.4, -0.2) is 11.8 Å². The van der Waals surface area contributed by atoms with Crippen LogP contribution in [0.5, 0.6) is 0 Å². The standard InChI is InChI=1S/C24H32N2/c1-6-8-9-12-18(3)24(26-19(4)22-15-16-22)20(5)25-17-23-14-11-10-13-21(23)7-2/h6-14,20,22,25H,2,15-17H2,1,3-5H3/b8-6-,12-9-,24-18+,26-19?. The molecule has 0 spiro atoms. The van der Waals surface area contributed by atoms with Crippen LogP contribution in [-0.2, 0) is 6.54 Å². The number of rotatable bonds is 9. The maximum Gasteiger partial charge on any atom is 0.0598 e. The van der Waals surface area contributed by atoms with Crippen LogP contribution < -0.4 is 5.32 Å². The van der Waals surface area contributed by atoms with E-state index in [0.717, 1.165) is 12.2 Å². The average Bonchev–Trinajstić information content (AvgIpc) is 3.49. The van der Waals surface area contributed by atoms with E-state index in [1.54, 1.807) is 0 Å². The molecule has 0 aliphatic heterocycles. The lowest BCUT2D eigenvalue weighted by atomic mass is 10.1. The Bertz CT molecular complexity index is 730. The minimum absolute atomic E-state index is 0.178. The van der Waals surface area contributed by atoms with Crippen LogP contribution in [0.1, 0.15) is 51.7 Å². The van der Waals surface area contributed by atoms with E-state index in [1.807, 2.05) is 19.1 Å². The fraction of sp³-hybridized carbons (Fsp3) is 0.375. The monoisotopic (exact) mass is 348 g/mol. The van der Waals surface area contributed by atoms with E-state index in [9.17, 15) is 0 Å². The SMILES string of the molecule is C=Cc1ccccc1CNC(C)\C(N=C(C)C1CC1)=C(C)/C=C\C=C/C. The number of allylic oxidation sites excluding steroid dienone is 5. The van der Waals surface area contributed by atoms with Crippen LogP contribution >= 0.6 is 0 Å². The highest BCUT2D eigenvalue weighted by Crippen LogP contribution is 2.31. The van der Waals surface area contributed by atoms with Crippen molar-refractivity contribution in [2.75, 3.05) is 0 Å². The molecule has 1 N–H and O–H groups in total. The number of hydrogen-bond acceptors (Lipinski definition) is 2. The first-order valence-electron chi connectivity index (χ1n) is 9.55. The zero-order valence-corrected chi connectivity index (χ0v) is 16.6. The summed E-state index contributed by atoms with van der Waals surface area (Å²) in [5.74, 6) is 0.686. The summed E-state index contributed by atoms with van der Waals surface area (Å²) in [6, 6.07) is 8.56. The van der Waals surface area contributed by atoms with Gasteiger partial charge in [0.1, 0.15) is 0 Å². The molecule has 2 rings (SSSR count). The van der Waals surface area contributed by atoms with E-state index in [2.05, 4.69) is 75.2 Å². The lowest BCUT2D eigenvalue weighted by Gasteiger charge is -2.18. The van der Waals surface area contributed by atoms with E-state index >= 15 is 0 Å². The van der Waals surface area contributed by atoms with Gasteiger partial charge in [-0.05, 0) is 63.2 Å². The van der Waals surface area contributed by atoms with E-state index in [-0.39, 0.29) is 6.04 Å². The molecule has 2 nitrogen and oxygen atoms in total. The second-order valence-electron chi connectivity index (χ2n) is 6.99. The van der Waals surface area contributed by atoms with Crippen LogP contribution in [0.2, 0.25) is 0 Å². The molecule has 0 bridgehead atoms. The molecule has 2 heteroatoms. The molecule has 0 amide bonds. The van der Waals surface area contributed by atoms with E-state index in [1.165, 1.54) is 35.3 Å². The summed E-state index contributed by atoms with van der Waals surface area (Å²) in [6.07, 6.45) is 12.8. The summed E-state index contributed by atoms with van der Waals surface area (Å²) in [7, 11) is 0. The van der Waals surface area contributed by atoms with Gasteiger partial charge in [0.05, 0.1) is 5.70 Å². The highest BCUT2D eigenvalue weighted by Gasteiger charge is 2.25. The molecule has 0 aromatic heterocycles. The van der Waals surface area contributed by atoms with Crippen LogP contribution in [0.3, 0.4) is 0 Å². The van der Waals surface area contributed by atoms with Crippen molar-refractivity contribution in [3.05, 3.63) is 77.5 Å². The lowest BCUT2D eigenvalue weighted by Crippen LogP contribution is -2.28. The third-order valence-electron chi connectivity index (χ3n) is 4.80. The summed E-state index contributed by atoms with van der Waals surface area (Å²) in [5, 5.41) is 3.65. The van der Waals surface area contributed by atoms with Gasteiger partial charge in [-0.1, -0.05) is 61.2 Å². The number of benzene rings is 1. The van der Waals surface area contributed by atoms with Crippen molar-refractivity contribution in [1.29, 1.82) is 0 Å². The van der Waals surface area contributed by atoms with Crippen molar-refractivity contribution < 1.29 is 0 Å². The summed E-state index contributed by atoms with van der Waals surface area (Å²) < 4.78 is 0. The molecule has 0 saturated heterocycles. The maximum atomic E-state index is 5.01. The Labute approximate surface area is 159 Å². The van der Waals surface area contributed by atoms with E-state index in [0.29, 0.717) is 5.92 Å². The third-order valence-corrected chi connectivity index (χ3v) is 4.80. The Kier molecular flexibility index (Phi) is 7.80. The number of nitrogens with one attached hydrogen (secondary N) is 1. The maximum absolute atomic E-state index is 5.01. The largest absolute Gasteiger partial charge is 0.305 e. The van der Waals surface area contributed by atoms with E-state index in [4.69, 9.17) is 4.99 Å². The molecule has 1 aliphatic carbocycles. The van der Waals surface area contributed by atoms with Gasteiger partial charge >= 0.3 is 0 Å². The zero-order chi connectivity index (χ0) is 18.9. The van der Waals surface area contributed by atoms with Gasteiger partial charge in [-0.25, -0.2) is 0 Å². The van der Waals surface area contributed by atoms with Gasteiger partial charge in [0.15, 0.2) is 0 Å². The van der Waals surface area contributed by atoms with Gasteiger partial charge in [-0.3, -0.25) is 4.99 Å². The highest BCUT2D eigenvalue weighted by molar-refractivity contribution is 5.87. The molecular weight excluding hydrogens is 316 g/mol. The van der Waals surface area contributed by atoms with Gasteiger partial charge in [-0.2, -0.15) is 0 Å². The second-order valence-corrected chi connectivity index (χ2v) is 6.99. The van der Waals surface area contributed by atoms with Gasteiger partial charge < -0.3 is 5.32 Å². The topological polar surface area (TPSA) is 24.4 Å². The van der Waals surface area contributed by atoms with Crippen molar-refractivity contribution in [3.63, 3.8) is 0 Å². The molecule has 1 unspecified atom stereocenters. The Morgan fingerprint density at radius 2 is 2.00 bits per heavy atom. The summed E-state index contributed by atoms with van der Waals surface area (Å²) in [5.41, 5.74) is 6.05. The third kappa shape index (κ3) is 5.96. The summed E-state index contributed by atoms with van der Waals surface area (Å²) in [6.45, 7) is 13.3. The van der Waals surface area contributed by atoms with Gasteiger partial charge in [0, 0.05) is 18.3 Å². The molecule has 1 fully saturated rings. The zero-order valence-electron chi connectivity index (χ0n) is 16.6. The van der Waals surface area contributed by atoms with Crippen LogP contribution in [0.4, 0.5) is 0 Å². The summed E-state index contributed by atoms with van der Waals surface area (Å²) in [4.78, 5) is 5.01. The van der Waals surface area contributed by atoms with Crippen molar-refractivity contribution >= 4 is 11.8 Å².